The van der Waals surface area contributed by atoms with E-state index in [2.05, 4.69) is 19.9 Å². The molecule has 2 aromatic heterocycles. The van der Waals surface area contributed by atoms with Crippen LogP contribution in [0.25, 0.3) is 5.69 Å². The predicted molar refractivity (Wildman–Crippen MR) is 114 cm³/mol. The molecule has 2 aliphatic rings. The van der Waals surface area contributed by atoms with Gasteiger partial charge in [0, 0.05) is 24.5 Å². The van der Waals surface area contributed by atoms with E-state index in [1.807, 2.05) is 36.1 Å². The normalized spacial score (nSPS) is 19.0. The number of hydrogen-bond donors (Lipinski definition) is 0. The average molecular weight is 425 g/mol. The highest BCUT2D eigenvalue weighted by atomic mass is 35.5. The minimum atomic E-state index is -0.0224. The van der Waals surface area contributed by atoms with Crippen LogP contribution >= 0.6 is 11.6 Å². The number of halogens is 1. The Hall–Kier alpha value is -2.67. The van der Waals surface area contributed by atoms with E-state index in [4.69, 9.17) is 11.6 Å². The van der Waals surface area contributed by atoms with Crippen LogP contribution in [0.5, 0.6) is 0 Å². The molecule has 8 heteroatoms. The van der Waals surface area contributed by atoms with Crippen LogP contribution in [0.3, 0.4) is 0 Å². The molecule has 0 bridgehead atoms. The van der Waals surface area contributed by atoms with Gasteiger partial charge in [-0.2, -0.15) is 5.10 Å². The Bertz CT molecular complexity index is 1090. The Labute approximate surface area is 180 Å². The molecule has 1 amide bonds. The van der Waals surface area contributed by atoms with Gasteiger partial charge in [-0.1, -0.05) is 24.1 Å². The van der Waals surface area contributed by atoms with Crippen LogP contribution in [0.2, 0.25) is 5.02 Å². The number of rotatable bonds is 3. The first kappa shape index (κ1) is 19.3. The largest absolute Gasteiger partial charge is 0.328 e. The van der Waals surface area contributed by atoms with Gasteiger partial charge in [0.2, 0.25) is 0 Å². The molecule has 1 fully saturated rings. The average Bonchev–Trinajstić information content (AvgIpc) is 3.42. The summed E-state index contributed by atoms with van der Waals surface area (Å²) in [6.45, 7) is 3.60. The molecular weight excluding hydrogens is 400 g/mol. The van der Waals surface area contributed by atoms with Gasteiger partial charge >= 0.3 is 0 Å². The van der Waals surface area contributed by atoms with Gasteiger partial charge in [-0.15, -0.1) is 10.2 Å². The van der Waals surface area contributed by atoms with Gasteiger partial charge in [0.1, 0.15) is 5.82 Å². The summed E-state index contributed by atoms with van der Waals surface area (Å²) in [5.41, 5.74) is 2.28. The van der Waals surface area contributed by atoms with E-state index >= 15 is 0 Å². The molecule has 4 heterocycles. The number of carbonyl (C=O) groups is 1. The lowest BCUT2D eigenvalue weighted by Gasteiger charge is -2.24. The van der Waals surface area contributed by atoms with Gasteiger partial charge in [0.15, 0.2) is 5.82 Å². The first-order valence-electron chi connectivity index (χ1n) is 10.7. The maximum absolute atomic E-state index is 13.5. The van der Waals surface area contributed by atoms with Gasteiger partial charge in [-0.25, -0.2) is 4.68 Å². The van der Waals surface area contributed by atoms with E-state index in [0.29, 0.717) is 10.6 Å². The Kier molecular flexibility index (Phi) is 5.06. The fourth-order valence-electron chi connectivity index (χ4n) is 4.67. The third-order valence-corrected chi connectivity index (χ3v) is 6.48. The highest BCUT2D eigenvalue weighted by Crippen LogP contribution is 2.34. The lowest BCUT2D eigenvalue weighted by Crippen LogP contribution is -2.32. The van der Waals surface area contributed by atoms with Crippen molar-refractivity contribution in [3.05, 3.63) is 58.4 Å². The van der Waals surface area contributed by atoms with E-state index in [1.165, 1.54) is 6.42 Å². The highest BCUT2D eigenvalue weighted by Gasteiger charge is 2.36. The molecule has 0 N–H and O–H groups in total. The van der Waals surface area contributed by atoms with Crippen molar-refractivity contribution in [1.82, 2.24) is 29.4 Å². The minimum Gasteiger partial charge on any atom is -0.328 e. The second-order valence-corrected chi connectivity index (χ2v) is 8.57. The lowest BCUT2D eigenvalue weighted by atomic mass is 10.1. The Morgan fingerprint density at radius 3 is 2.90 bits per heavy atom. The fraction of sp³-hybridized carbons (Fsp3) is 0.455. The second kappa shape index (κ2) is 7.87. The topological polar surface area (TPSA) is 68.8 Å². The molecule has 0 aliphatic carbocycles. The molecule has 0 unspecified atom stereocenters. The quantitative estimate of drug-likeness (QED) is 0.633. The van der Waals surface area contributed by atoms with Crippen LogP contribution in [0.1, 0.15) is 65.8 Å². The summed E-state index contributed by atoms with van der Waals surface area (Å²) in [6, 6.07) is 7.47. The number of hydrogen-bond acceptors (Lipinski definition) is 4. The molecule has 0 spiro atoms. The Morgan fingerprint density at radius 2 is 2.03 bits per heavy atom. The second-order valence-electron chi connectivity index (χ2n) is 8.13. The molecule has 1 saturated heterocycles. The summed E-state index contributed by atoms with van der Waals surface area (Å²) in [6.07, 6.45) is 8.05. The zero-order chi connectivity index (χ0) is 20.7. The van der Waals surface area contributed by atoms with Crippen LogP contribution < -0.4 is 0 Å². The number of benzene rings is 1. The zero-order valence-electron chi connectivity index (χ0n) is 17.1. The van der Waals surface area contributed by atoms with E-state index < -0.39 is 0 Å². The lowest BCUT2D eigenvalue weighted by molar-refractivity contribution is 0.0726. The smallest absolute Gasteiger partial charge is 0.257 e. The number of aryl methyl sites for hydroxylation is 1. The first-order valence-corrected chi connectivity index (χ1v) is 11.0. The third kappa shape index (κ3) is 3.31. The van der Waals surface area contributed by atoms with E-state index in [0.717, 1.165) is 68.2 Å². The number of carbonyl (C=O) groups excluding carboxylic acids is 1. The highest BCUT2D eigenvalue weighted by molar-refractivity contribution is 6.30. The number of likely N-dealkylation sites (tertiary alicyclic amines) is 1. The molecule has 30 heavy (non-hydrogen) atoms. The van der Waals surface area contributed by atoms with Crippen molar-refractivity contribution in [3.63, 3.8) is 0 Å². The molecule has 0 saturated carbocycles. The zero-order valence-corrected chi connectivity index (χ0v) is 17.8. The molecule has 0 radical (unpaired) electrons. The Balaban J connectivity index is 1.45. The molecule has 3 aromatic rings. The van der Waals surface area contributed by atoms with Crippen molar-refractivity contribution in [2.45, 2.75) is 58.0 Å². The van der Waals surface area contributed by atoms with Gasteiger partial charge in [-0.3, -0.25) is 4.79 Å². The first-order chi connectivity index (χ1) is 14.6. The van der Waals surface area contributed by atoms with Crippen LogP contribution in [0.15, 0.2) is 30.5 Å². The molecule has 7 nitrogen and oxygen atoms in total. The molecule has 5 rings (SSSR count). The predicted octanol–water partition coefficient (Wildman–Crippen LogP) is 4.13. The van der Waals surface area contributed by atoms with Gasteiger partial charge in [0.05, 0.1) is 29.2 Å². The minimum absolute atomic E-state index is 0.00856. The van der Waals surface area contributed by atoms with Crippen molar-refractivity contribution in [3.8, 4) is 5.69 Å². The van der Waals surface area contributed by atoms with Crippen LogP contribution in [0, 0.1) is 6.92 Å². The van der Waals surface area contributed by atoms with Crippen molar-refractivity contribution < 1.29 is 4.79 Å². The SMILES string of the molecule is Cc1c(C(=O)N2CCC[C@H]2c2nnc3n2CCCCC3)cnn1-c1cccc(Cl)c1. The molecule has 2 aliphatic heterocycles. The van der Waals surface area contributed by atoms with Crippen molar-refractivity contribution >= 4 is 17.5 Å². The van der Waals surface area contributed by atoms with E-state index in [9.17, 15) is 4.79 Å². The van der Waals surface area contributed by atoms with Crippen LogP contribution in [-0.2, 0) is 13.0 Å². The summed E-state index contributed by atoms with van der Waals surface area (Å²) >= 11 is 6.13. The third-order valence-electron chi connectivity index (χ3n) is 6.24. The monoisotopic (exact) mass is 424 g/mol. The number of aromatic nitrogens is 5. The summed E-state index contributed by atoms with van der Waals surface area (Å²) in [4.78, 5) is 15.5. The Morgan fingerprint density at radius 1 is 1.13 bits per heavy atom. The molecule has 1 aromatic carbocycles. The molecule has 1 atom stereocenters. The van der Waals surface area contributed by atoms with E-state index in [1.54, 1.807) is 10.9 Å². The summed E-state index contributed by atoms with van der Waals surface area (Å²) in [5, 5.41) is 14.1. The van der Waals surface area contributed by atoms with E-state index in [-0.39, 0.29) is 11.9 Å². The van der Waals surface area contributed by atoms with Crippen LogP contribution in [-0.4, -0.2) is 41.9 Å². The number of amides is 1. The maximum atomic E-state index is 13.5. The standard InChI is InChI=1S/C22H25ClN6O/c1-15-18(14-24-29(15)17-8-5-7-16(23)13-17)22(30)27-12-6-9-19(27)21-26-25-20-10-3-2-4-11-28(20)21/h5,7-8,13-14,19H,2-4,6,9-12H2,1H3/t19-/m0/s1. The number of nitrogens with zero attached hydrogens (tertiary/aromatic N) is 6. The summed E-state index contributed by atoms with van der Waals surface area (Å²) in [5.74, 6) is 2.01. The summed E-state index contributed by atoms with van der Waals surface area (Å²) < 4.78 is 4.03. The van der Waals surface area contributed by atoms with Gasteiger partial charge in [-0.05, 0) is 50.8 Å². The van der Waals surface area contributed by atoms with Crippen molar-refractivity contribution in [2.75, 3.05) is 6.54 Å². The van der Waals surface area contributed by atoms with Gasteiger partial charge < -0.3 is 9.47 Å². The number of fused-ring (bicyclic) bond motifs is 1. The van der Waals surface area contributed by atoms with Crippen LogP contribution in [0.4, 0.5) is 0 Å². The van der Waals surface area contributed by atoms with Gasteiger partial charge in [0.25, 0.3) is 5.91 Å². The van der Waals surface area contributed by atoms with Crippen molar-refractivity contribution in [1.29, 1.82) is 0 Å². The maximum Gasteiger partial charge on any atom is 0.257 e. The summed E-state index contributed by atoms with van der Waals surface area (Å²) in [7, 11) is 0. The molecule has 156 valence electrons. The fourth-order valence-corrected chi connectivity index (χ4v) is 4.86. The van der Waals surface area contributed by atoms with Crippen molar-refractivity contribution in [2.24, 2.45) is 0 Å². The molecular formula is C22H25ClN6O.